The summed E-state index contributed by atoms with van der Waals surface area (Å²) in [4.78, 5) is 27.6. The van der Waals surface area contributed by atoms with Crippen molar-refractivity contribution >= 4 is 35.0 Å². The Hall–Kier alpha value is -2.24. The number of aryl methyl sites for hydroxylation is 1. The predicted molar refractivity (Wildman–Crippen MR) is 130 cm³/mol. The lowest BCUT2D eigenvalue weighted by Gasteiger charge is -2.31. The molecule has 0 aliphatic carbocycles. The second kappa shape index (κ2) is 13.3. The van der Waals surface area contributed by atoms with Crippen molar-refractivity contribution in [3.8, 4) is 5.75 Å². The zero-order valence-electron chi connectivity index (χ0n) is 19.0. The summed E-state index contributed by atoms with van der Waals surface area (Å²) < 4.78 is 5.73. The highest BCUT2D eigenvalue weighted by molar-refractivity contribution is 6.36. The minimum Gasteiger partial charge on any atom is -0.484 e. The van der Waals surface area contributed by atoms with Crippen molar-refractivity contribution in [2.45, 2.75) is 59.0 Å². The Labute approximate surface area is 201 Å². The van der Waals surface area contributed by atoms with E-state index in [4.69, 9.17) is 27.9 Å². The van der Waals surface area contributed by atoms with Gasteiger partial charge in [-0.3, -0.25) is 9.59 Å². The first-order chi connectivity index (χ1) is 15.4. The van der Waals surface area contributed by atoms with E-state index >= 15 is 0 Å². The summed E-state index contributed by atoms with van der Waals surface area (Å²) >= 11 is 12.7. The Bertz CT molecular complexity index is 867. The van der Waals surface area contributed by atoms with Gasteiger partial charge in [0, 0.05) is 28.7 Å². The molecule has 5 nitrogen and oxygen atoms in total. The van der Waals surface area contributed by atoms with Crippen LogP contribution in [0, 0.1) is 0 Å². The van der Waals surface area contributed by atoms with Crippen LogP contribution in [0.3, 0.4) is 0 Å². The number of carbonyl (C=O) groups is 2. The number of hydrogen-bond donors (Lipinski definition) is 1. The van der Waals surface area contributed by atoms with Gasteiger partial charge in [0.25, 0.3) is 5.91 Å². The van der Waals surface area contributed by atoms with E-state index in [1.807, 2.05) is 31.2 Å². The highest BCUT2D eigenvalue weighted by Crippen LogP contribution is 2.27. The van der Waals surface area contributed by atoms with Gasteiger partial charge in [-0.2, -0.15) is 0 Å². The van der Waals surface area contributed by atoms with E-state index < -0.39 is 6.04 Å². The van der Waals surface area contributed by atoms with Gasteiger partial charge >= 0.3 is 0 Å². The molecule has 0 radical (unpaired) electrons. The van der Waals surface area contributed by atoms with Gasteiger partial charge in [0.1, 0.15) is 11.8 Å². The van der Waals surface area contributed by atoms with Crippen LogP contribution in [-0.2, 0) is 22.6 Å². The standard InChI is InChI=1S/C25H32Cl2N2O3/c1-4-7-15-28-25(31)23(6-3)29(16-20-21(26)9-8-10-22(20)27)24(30)17-32-19-13-11-18(5-2)12-14-19/h8-14,23H,4-7,15-17H2,1-3H3,(H,28,31)/t23-/m0/s1. The summed E-state index contributed by atoms with van der Waals surface area (Å²) in [6.45, 7) is 6.52. The lowest BCUT2D eigenvalue weighted by Crippen LogP contribution is -2.50. The fraction of sp³-hybridized carbons (Fsp3) is 0.440. The number of hydrogen-bond acceptors (Lipinski definition) is 3. The lowest BCUT2D eigenvalue weighted by molar-refractivity contribution is -0.143. The number of ether oxygens (including phenoxy) is 1. The van der Waals surface area contributed by atoms with Crippen molar-refractivity contribution in [3.05, 3.63) is 63.6 Å². The first-order valence-corrected chi connectivity index (χ1v) is 11.9. The van der Waals surface area contributed by atoms with Gasteiger partial charge in [0.2, 0.25) is 5.91 Å². The molecule has 1 N–H and O–H groups in total. The highest BCUT2D eigenvalue weighted by Gasteiger charge is 2.29. The van der Waals surface area contributed by atoms with E-state index in [2.05, 4.69) is 19.2 Å². The molecule has 174 valence electrons. The maximum absolute atomic E-state index is 13.2. The molecule has 2 amide bonds. The van der Waals surface area contributed by atoms with Crippen LogP contribution < -0.4 is 10.1 Å². The number of nitrogens with zero attached hydrogens (tertiary/aromatic N) is 1. The van der Waals surface area contributed by atoms with Gasteiger partial charge in [-0.05, 0) is 49.1 Å². The van der Waals surface area contributed by atoms with Gasteiger partial charge < -0.3 is 15.0 Å². The number of nitrogens with one attached hydrogen (secondary N) is 1. The second-order valence-corrected chi connectivity index (χ2v) is 8.39. The Morgan fingerprint density at radius 2 is 1.69 bits per heavy atom. The summed E-state index contributed by atoms with van der Waals surface area (Å²) in [6.07, 6.45) is 3.23. The SMILES string of the molecule is CCCCNC(=O)[C@H](CC)N(Cc1c(Cl)cccc1Cl)C(=O)COc1ccc(CC)cc1. The molecular weight excluding hydrogens is 447 g/mol. The maximum atomic E-state index is 13.2. The van der Waals surface area contributed by atoms with Gasteiger partial charge in [0.15, 0.2) is 6.61 Å². The van der Waals surface area contributed by atoms with Crippen molar-refractivity contribution < 1.29 is 14.3 Å². The van der Waals surface area contributed by atoms with Crippen LogP contribution in [0.2, 0.25) is 10.0 Å². The molecule has 0 fully saturated rings. The van der Waals surface area contributed by atoms with Crippen molar-refractivity contribution in [1.29, 1.82) is 0 Å². The summed E-state index contributed by atoms with van der Waals surface area (Å²) in [5.41, 5.74) is 1.80. The minimum atomic E-state index is -0.655. The minimum absolute atomic E-state index is 0.120. The van der Waals surface area contributed by atoms with Gasteiger partial charge in [0.05, 0.1) is 0 Å². The number of halogens is 2. The average molecular weight is 479 g/mol. The fourth-order valence-electron chi connectivity index (χ4n) is 3.33. The first-order valence-electron chi connectivity index (χ1n) is 11.1. The molecule has 0 aliphatic heterocycles. The molecule has 2 aromatic carbocycles. The summed E-state index contributed by atoms with van der Waals surface area (Å²) in [6, 6.07) is 12.2. The van der Waals surface area contributed by atoms with Crippen LogP contribution in [0.1, 0.15) is 51.2 Å². The maximum Gasteiger partial charge on any atom is 0.261 e. The van der Waals surface area contributed by atoms with E-state index in [1.165, 1.54) is 10.5 Å². The smallest absolute Gasteiger partial charge is 0.261 e. The van der Waals surface area contributed by atoms with E-state index in [0.717, 1.165) is 19.3 Å². The van der Waals surface area contributed by atoms with Crippen molar-refractivity contribution in [2.24, 2.45) is 0 Å². The van der Waals surface area contributed by atoms with Crippen LogP contribution in [0.4, 0.5) is 0 Å². The second-order valence-electron chi connectivity index (χ2n) is 7.58. The molecule has 0 heterocycles. The molecule has 0 saturated carbocycles. The Morgan fingerprint density at radius 1 is 1.03 bits per heavy atom. The fourth-order valence-corrected chi connectivity index (χ4v) is 3.85. The van der Waals surface area contributed by atoms with E-state index in [-0.39, 0.29) is 25.0 Å². The molecule has 0 bridgehead atoms. The van der Waals surface area contributed by atoms with Crippen LogP contribution in [0.25, 0.3) is 0 Å². The third kappa shape index (κ3) is 7.42. The average Bonchev–Trinajstić information content (AvgIpc) is 2.79. The van der Waals surface area contributed by atoms with Crippen LogP contribution in [-0.4, -0.2) is 35.9 Å². The Kier molecular flexibility index (Phi) is 10.8. The lowest BCUT2D eigenvalue weighted by atomic mass is 10.1. The molecule has 7 heteroatoms. The summed E-state index contributed by atoms with van der Waals surface area (Å²) in [7, 11) is 0. The van der Waals surface area contributed by atoms with Gasteiger partial charge in [-0.15, -0.1) is 0 Å². The van der Waals surface area contributed by atoms with Gasteiger partial charge in [-0.1, -0.05) is 68.6 Å². The molecule has 2 aromatic rings. The molecule has 1 atom stereocenters. The highest BCUT2D eigenvalue weighted by atomic mass is 35.5. The molecule has 0 aromatic heterocycles. The number of unbranched alkanes of at least 4 members (excludes halogenated alkanes) is 1. The van der Waals surface area contributed by atoms with Crippen LogP contribution in [0.15, 0.2) is 42.5 Å². The quantitative estimate of drug-likeness (QED) is 0.400. The molecule has 0 unspecified atom stereocenters. The molecule has 2 rings (SSSR count). The van der Waals surface area contributed by atoms with E-state index in [1.54, 1.807) is 18.2 Å². The van der Waals surface area contributed by atoms with Crippen LogP contribution in [0.5, 0.6) is 5.75 Å². The molecule has 0 saturated heterocycles. The number of rotatable bonds is 12. The first kappa shape index (κ1) is 26.0. The number of amides is 2. The predicted octanol–water partition coefficient (Wildman–Crippen LogP) is 5.66. The largest absolute Gasteiger partial charge is 0.484 e. The molecule has 0 aliphatic rings. The number of benzene rings is 2. The van der Waals surface area contributed by atoms with Crippen molar-refractivity contribution in [2.75, 3.05) is 13.2 Å². The Balaban J connectivity index is 2.22. The molecular formula is C25H32Cl2N2O3. The van der Waals surface area contributed by atoms with E-state index in [9.17, 15) is 9.59 Å². The van der Waals surface area contributed by atoms with E-state index in [0.29, 0.717) is 34.3 Å². The van der Waals surface area contributed by atoms with Crippen LogP contribution >= 0.6 is 23.2 Å². The molecule has 32 heavy (non-hydrogen) atoms. The monoisotopic (exact) mass is 478 g/mol. The Morgan fingerprint density at radius 3 is 2.25 bits per heavy atom. The summed E-state index contributed by atoms with van der Waals surface area (Å²) in [5, 5.41) is 3.83. The van der Waals surface area contributed by atoms with Crippen molar-refractivity contribution in [1.82, 2.24) is 10.2 Å². The molecule has 0 spiro atoms. The summed E-state index contributed by atoms with van der Waals surface area (Å²) in [5.74, 6) is 0.106. The van der Waals surface area contributed by atoms with Gasteiger partial charge in [-0.25, -0.2) is 0 Å². The zero-order chi connectivity index (χ0) is 23.5. The normalized spacial score (nSPS) is 11.7. The van der Waals surface area contributed by atoms with Crippen molar-refractivity contribution in [3.63, 3.8) is 0 Å². The third-order valence-electron chi connectivity index (χ3n) is 5.30. The topological polar surface area (TPSA) is 58.6 Å². The zero-order valence-corrected chi connectivity index (χ0v) is 20.5. The number of carbonyl (C=O) groups excluding carboxylic acids is 2. The third-order valence-corrected chi connectivity index (χ3v) is 6.01.